The summed E-state index contributed by atoms with van der Waals surface area (Å²) in [5.74, 6) is -1.36. The minimum Gasteiger partial charge on any atom is -0.493 e. The molecule has 0 bridgehead atoms. The topological polar surface area (TPSA) is 114 Å². The number of carbonyl (C=O) groups is 4. The Balaban J connectivity index is 1.57. The van der Waals surface area contributed by atoms with Crippen molar-refractivity contribution in [2.75, 3.05) is 23.9 Å². The van der Waals surface area contributed by atoms with E-state index in [1.165, 1.54) is 19.3 Å². The minimum atomic E-state index is -0.868. The summed E-state index contributed by atoms with van der Waals surface area (Å²) in [7, 11) is 1.44. The van der Waals surface area contributed by atoms with Gasteiger partial charge in [-0.1, -0.05) is 23.7 Å². The number of hydrogen-bond acceptors (Lipinski definition) is 6. The van der Waals surface area contributed by atoms with E-state index in [9.17, 15) is 19.2 Å². The first kappa shape index (κ1) is 29.1. The van der Waals surface area contributed by atoms with Crippen LogP contribution in [0.4, 0.5) is 16.2 Å². The minimum absolute atomic E-state index is 0.252. The van der Waals surface area contributed by atoms with Gasteiger partial charge in [-0.3, -0.25) is 19.7 Å². The Morgan fingerprint density at radius 1 is 1.02 bits per heavy atom. The van der Waals surface area contributed by atoms with E-state index in [2.05, 4.69) is 10.6 Å². The third-order valence-corrected chi connectivity index (χ3v) is 7.25. The molecule has 0 aromatic heterocycles. The Bertz CT molecular complexity index is 1590. The highest BCUT2D eigenvalue weighted by atomic mass is 127. The van der Waals surface area contributed by atoms with Crippen molar-refractivity contribution in [1.29, 1.82) is 0 Å². The zero-order valence-corrected chi connectivity index (χ0v) is 25.0. The standard InChI is InChI=1S/C29H25ClIN3O6/c1-15-6-8-20(9-17(15)3)32-25(35)14-40-26-22(31)11-18(12-24(26)39-4)10-21-27(36)33-29(38)34(28(21)37)23-13-19(30)7-5-16(23)2/h5-13H,14H2,1-4H3,(H,32,35)(H,33,36,38)/b21-10+. The van der Waals surface area contributed by atoms with E-state index < -0.39 is 17.8 Å². The lowest BCUT2D eigenvalue weighted by atomic mass is 10.1. The summed E-state index contributed by atoms with van der Waals surface area (Å²) in [5.41, 5.74) is 3.93. The number of rotatable bonds is 7. The molecule has 0 spiro atoms. The Labute approximate surface area is 249 Å². The van der Waals surface area contributed by atoms with Gasteiger partial charge in [-0.15, -0.1) is 0 Å². The molecule has 0 saturated carbocycles. The van der Waals surface area contributed by atoms with Gasteiger partial charge >= 0.3 is 6.03 Å². The first-order valence-corrected chi connectivity index (χ1v) is 13.5. The van der Waals surface area contributed by atoms with Gasteiger partial charge in [-0.2, -0.15) is 0 Å². The molecule has 5 amide bonds. The lowest BCUT2D eigenvalue weighted by Gasteiger charge is -2.27. The predicted octanol–water partition coefficient (Wildman–Crippen LogP) is 5.56. The highest BCUT2D eigenvalue weighted by Gasteiger charge is 2.37. The third kappa shape index (κ3) is 6.28. The maximum atomic E-state index is 13.3. The van der Waals surface area contributed by atoms with Crippen molar-refractivity contribution >= 4 is 75.4 Å². The number of barbiturate groups is 1. The smallest absolute Gasteiger partial charge is 0.335 e. The number of urea groups is 1. The molecule has 1 fully saturated rings. The van der Waals surface area contributed by atoms with Crippen LogP contribution >= 0.6 is 34.2 Å². The molecule has 0 aliphatic carbocycles. The average molecular weight is 674 g/mol. The zero-order valence-electron chi connectivity index (χ0n) is 22.1. The van der Waals surface area contributed by atoms with E-state index >= 15 is 0 Å². The molecule has 1 heterocycles. The van der Waals surface area contributed by atoms with E-state index in [1.807, 2.05) is 54.6 Å². The van der Waals surface area contributed by atoms with Crippen LogP contribution in [0.3, 0.4) is 0 Å². The van der Waals surface area contributed by atoms with Gasteiger partial charge in [0, 0.05) is 10.7 Å². The first-order chi connectivity index (χ1) is 19.0. The summed E-state index contributed by atoms with van der Waals surface area (Å²) in [5, 5.41) is 5.34. The zero-order chi connectivity index (χ0) is 29.1. The van der Waals surface area contributed by atoms with Crippen LogP contribution < -0.4 is 25.0 Å². The SMILES string of the molecule is COc1cc(/C=C2\C(=O)NC(=O)N(c3cc(Cl)ccc3C)C2=O)cc(I)c1OCC(=O)Nc1ccc(C)c(C)c1. The van der Waals surface area contributed by atoms with Gasteiger partial charge in [-0.05, 0) is 108 Å². The number of anilines is 2. The van der Waals surface area contributed by atoms with E-state index in [0.717, 1.165) is 16.0 Å². The van der Waals surface area contributed by atoms with Crippen LogP contribution in [0, 0.1) is 24.3 Å². The molecule has 4 rings (SSSR count). The summed E-state index contributed by atoms with van der Waals surface area (Å²) in [6.07, 6.45) is 1.36. The fourth-order valence-corrected chi connectivity index (χ4v) is 4.93. The number of methoxy groups -OCH3 is 1. The predicted molar refractivity (Wildman–Crippen MR) is 161 cm³/mol. The molecule has 0 atom stereocenters. The number of carbonyl (C=O) groups excluding carboxylic acids is 4. The van der Waals surface area contributed by atoms with Crippen LogP contribution in [-0.2, 0) is 14.4 Å². The second kappa shape index (κ2) is 12.1. The van der Waals surface area contributed by atoms with Gasteiger partial charge in [0.1, 0.15) is 5.57 Å². The number of ether oxygens (including phenoxy) is 2. The number of benzene rings is 3. The van der Waals surface area contributed by atoms with E-state index in [0.29, 0.717) is 36.9 Å². The number of nitrogens with one attached hydrogen (secondary N) is 2. The first-order valence-electron chi connectivity index (χ1n) is 12.0. The Kier molecular flexibility index (Phi) is 8.79. The molecule has 2 N–H and O–H groups in total. The third-order valence-electron chi connectivity index (χ3n) is 6.21. The molecule has 1 saturated heterocycles. The Morgan fingerprint density at radius 2 is 1.75 bits per heavy atom. The number of nitrogens with zero attached hydrogens (tertiary/aromatic N) is 1. The van der Waals surface area contributed by atoms with Crippen molar-refractivity contribution in [1.82, 2.24) is 5.32 Å². The molecular weight excluding hydrogens is 649 g/mol. The molecule has 3 aromatic rings. The number of hydrogen-bond donors (Lipinski definition) is 2. The van der Waals surface area contributed by atoms with Crippen molar-refractivity contribution < 1.29 is 28.7 Å². The second-order valence-electron chi connectivity index (χ2n) is 9.06. The van der Waals surface area contributed by atoms with Crippen molar-refractivity contribution in [3.8, 4) is 11.5 Å². The fourth-order valence-electron chi connectivity index (χ4n) is 3.98. The van der Waals surface area contributed by atoms with Crippen LogP contribution in [0.25, 0.3) is 6.08 Å². The Morgan fingerprint density at radius 3 is 2.45 bits per heavy atom. The summed E-state index contributed by atoms with van der Waals surface area (Å²) in [6.45, 7) is 5.41. The highest BCUT2D eigenvalue weighted by molar-refractivity contribution is 14.1. The fraction of sp³-hybridized carbons (Fsp3) is 0.172. The molecule has 9 nitrogen and oxygen atoms in total. The average Bonchev–Trinajstić information content (AvgIpc) is 2.89. The van der Waals surface area contributed by atoms with Crippen LogP contribution in [0.15, 0.2) is 54.1 Å². The lowest BCUT2D eigenvalue weighted by molar-refractivity contribution is -0.122. The molecule has 1 aliphatic rings. The summed E-state index contributed by atoms with van der Waals surface area (Å²) in [4.78, 5) is 51.9. The molecule has 3 aromatic carbocycles. The van der Waals surface area contributed by atoms with Crippen molar-refractivity contribution in [2.24, 2.45) is 0 Å². The summed E-state index contributed by atoms with van der Waals surface area (Å²) < 4.78 is 11.8. The molecule has 206 valence electrons. The molecule has 0 radical (unpaired) electrons. The normalized spacial score (nSPS) is 14.3. The molecule has 40 heavy (non-hydrogen) atoms. The van der Waals surface area contributed by atoms with Gasteiger partial charge in [0.05, 0.1) is 16.4 Å². The Hall–Kier alpha value is -3.90. The van der Waals surface area contributed by atoms with Gasteiger partial charge in [0.25, 0.3) is 17.7 Å². The molecule has 1 aliphatic heterocycles. The van der Waals surface area contributed by atoms with Gasteiger partial charge in [0.2, 0.25) is 0 Å². The van der Waals surface area contributed by atoms with Crippen LogP contribution in [0.5, 0.6) is 11.5 Å². The second-order valence-corrected chi connectivity index (χ2v) is 10.7. The maximum absolute atomic E-state index is 13.3. The maximum Gasteiger partial charge on any atom is 0.335 e. The van der Waals surface area contributed by atoms with Crippen LogP contribution in [0.1, 0.15) is 22.3 Å². The molecular formula is C29H25ClIN3O6. The molecule has 0 unspecified atom stereocenters. The lowest BCUT2D eigenvalue weighted by Crippen LogP contribution is -2.54. The van der Waals surface area contributed by atoms with Crippen molar-refractivity contribution in [2.45, 2.75) is 20.8 Å². The number of amides is 5. The van der Waals surface area contributed by atoms with Gasteiger partial charge < -0.3 is 14.8 Å². The van der Waals surface area contributed by atoms with E-state index in [4.69, 9.17) is 21.1 Å². The number of aryl methyl sites for hydroxylation is 3. The van der Waals surface area contributed by atoms with Gasteiger partial charge in [0.15, 0.2) is 18.1 Å². The van der Waals surface area contributed by atoms with Crippen LogP contribution in [0.2, 0.25) is 5.02 Å². The summed E-state index contributed by atoms with van der Waals surface area (Å²) >= 11 is 8.10. The molecule has 11 heteroatoms. The monoisotopic (exact) mass is 673 g/mol. The largest absolute Gasteiger partial charge is 0.493 e. The van der Waals surface area contributed by atoms with Crippen molar-refractivity contribution in [3.05, 3.63) is 85.0 Å². The van der Waals surface area contributed by atoms with Crippen molar-refractivity contribution in [3.63, 3.8) is 0 Å². The van der Waals surface area contributed by atoms with Gasteiger partial charge in [-0.25, -0.2) is 9.69 Å². The number of imide groups is 2. The quantitative estimate of drug-likeness (QED) is 0.193. The highest BCUT2D eigenvalue weighted by Crippen LogP contribution is 2.35. The van der Waals surface area contributed by atoms with Crippen LogP contribution in [-0.4, -0.2) is 37.5 Å². The van der Waals surface area contributed by atoms with E-state index in [-0.39, 0.29) is 23.8 Å². The van der Waals surface area contributed by atoms with E-state index in [1.54, 1.807) is 31.2 Å². The summed E-state index contributed by atoms with van der Waals surface area (Å²) in [6, 6.07) is 12.8. The number of halogens is 2.